The lowest BCUT2D eigenvalue weighted by Gasteiger charge is -2.31. The Bertz CT molecular complexity index is 829. The molecule has 1 atom stereocenters. The molecule has 3 heterocycles. The maximum atomic E-state index is 13.0. The van der Waals surface area contributed by atoms with Crippen molar-refractivity contribution < 1.29 is 5.11 Å². The Labute approximate surface area is 160 Å². The van der Waals surface area contributed by atoms with Crippen LogP contribution in [-0.4, -0.2) is 63.8 Å². The number of nitrogens with zero attached hydrogens (tertiary/aromatic N) is 4. The van der Waals surface area contributed by atoms with Gasteiger partial charge in [0, 0.05) is 13.1 Å². The number of para-hydroxylation sites is 1. The number of benzene rings is 1. The van der Waals surface area contributed by atoms with Gasteiger partial charge in [0.05, 0.1) is 30.1 Å². The van der Waals surface area contributed by atoms with Crippen LogP contribution in [0.1, 0.15) is 44.0 Å². The second-order valence-corrected chi connectivity index (χ2v) is 7.76. The molecule has 27 heavy (non-hydrogen) atoms. The molecule has 0 spiro atoms. The number of fused-ring (bicyclic) bond motifs is 1. The average Bonchev–Trinajstić information content (AvgIpc) is 3.18. The zero-order chi connectivity index (χ0) is 18.6. The fourth-order valence-electron chi connectivity index (χ4n) is 4.59. The zero-order valence-corrected chi connectivity index (χ0v) is 16.0. The first kappa shape index (κ1) is 18.6. The van der Waals surface area contributed by atoms with E-state index >= 15 is 0 Å². The molecule has 1 aromatic heterocycles. The summed E-state index contributed by atoms with van der Waals surface area (Å²) in [6.45, 7) is 5.85. The Morgan fingerprint density at radius 3 is 2.63 bits per heavy atom. The summed E-state index contributed by atoms with van der Waals surface area (Å²) in [6.07, 6.45) is 6.14. The molecule has 2 aromatic rings. The van der Waals surface area contributed by atoms with E-state index in [-0.39, 0.29) is 18.2 Å². The van der Waals surface area contributed by atoms with E-state index in [4.69, 9.17) is 4.98 Å². The number of rotatable bonds is 6. The fourth-order valence-corrected chi connectivity index (χ4v) is 4.59. The van der Waals surface area contributed by atoms with Crippen molar-refractivity contribution in [3.8, 4) is 0 Å². The normalized spacial score (nSPS) is 21.9. The largest absolute Gasteiger partial charge is 0.395 e. The Morgan fingerprint density at radius 2 is 1.81 bits per heavy atom. The summed E-state index contributed by atoms with van der Waals surface area (Å²) >= 11 is 0. The molecule has 2 saturated heterocycles. The van der Waals surface area contributed by atoms with Gasteiger partial charge >= 0.3 is 0 Å². The van der Waals surface area contributed by atoms with Crippen LogP contribution in [0.5, 0.6) is 0 Å². The molecule has 2 aliphatic rings. The van der Waals surface area contributed by atoms with Crippen molar-refractivity contribution in [2.75, 3.05) is 39.3 Å². The van der Waals surface area contributed by atoms with Crippen molar-refractivity contribution >= 4 is 10.9 Å². The SMILES string of the molecule is O=c1c2ccccc2nc(C2CCCN2CCN2CCCCC2)n1CCO. The molecule has 146 valence electrons. The molecule has 4 rings (SSSR count). The Hall–Kier alpha value is -1.76. The second kappa shape index (κ2) is 8.50. The molecule has 1 N–H and O–H groups in total. The molecule has 1 aromatic carbocycles. The van der Waals surface area contributed by atoms with Crippen LogP contribution in [0.2, 0.25) is 0 Å². The van der Waals surface area contributed by atoms with Crippen LogP contribution in [0.25, 0.3) is 10.9 Å². The van der Waals surface area contributed by atoms with E-state index in [1.165, 1.54) is 32.4 Å². The number of aliphatic hydroxyl groups excluding tert-OH is 1. The van der Waals surface area contributed by atoms with Crippen LogP contribution in [0, 0.1) is 0 Å². The highest BCUT2D eigenvalue weighted by Gasteiger charge is 2.30. The lowest BCUT2D eigenvalue weighted by Crippen LogP contribution is -2.39. The monoisotopic (exact) mass is 370 g/mol. The predicted molar refractivity (Wildman–Crippen MR) is 107 cm³/mol. The highest BCUT2D eigenvalue weighted by molar-refractivity contribution is 5.77. The van der Waals surface area contributed by atoms with Crippen molar-refractivity contribution in [3.63, 3.8) is 0 Å². The highest BCUT2D eigenvalue weighted by atomic mass is 16.3. The third-order valence-electron chi connectivity index (χ3n) is 6.03. The van der Waals surface area contributed by atoms with Crippen LogP contribution >= 0.6 is 0 Å². The molecule has 0 bridgehead atoms. The minimum atomic E-state index is -0.0482. The Morgan fingerprint density at radius 1 is 1.00 bits per heavy atom. The number of hydrogen-bond donors (Lipinski definition) is 1. The number of piperidine rings is 1. The third kappa shape index (κ3) is 3.93. The molecule has 2 aliphatic heterocycles. The number of aliphatic hydroxyl groups is 1. The van der Waals surface area contributed by atoms with Gasteiger partial charge in [-0.15, -0.1) is 0 Å². The van der Waals surface area contributed by atoms with E-state index < -0.39 is 0 Å². The lowest BCUT2D eigenvalue weighted by atomic mass is 10.1. The van der Waals surface area contributed by atoms with Gasteiger partial charge in [-0.2, -0.15) is 0 Å². The van der Waals surface area contributed by atoms with Crippen molar-refractivity contribution in [1.82, 2.24) is 19.4 Å². The van der Waals surface area contributed by atoms with Gasteiger partial charge in [0.1, 0.15) is 5.82 Å². The number of aromatic nitrogens is 2. The quantitative estimate of drug-likeness (QED) is 0.843. The average molecular weight is 370 g/mol. The lowest BCUT2D eigenvalue weighted by molar-refractivity contribution is 0.168. The summed E-state index contributed by atoms with van der Waals surface area (Å²) in [7, 11) is 0. The van der Waals surface area contributed by atoms with Crippen LogP contribution in [0.3, 0.4) is 0 Å². The first-order valence-corrected chi connectivity index (χ1v) is 10.3. The Kier molecular flexibility index (Phi) is 5.86. The van der Waals surface area contributed by atoms with E-state index in [2.05, 4.69) is 9.80 Å². The van der Waals surface area contributed by atoms with Gasteiger partial charge in [0.15, 0.2) is 0 Å². The Balaban J connectivity index is 1.61. The number of likely N-dealkylation sites (tertiary alicyclic amines) is 2. The van der Waals surface area contributed by atoms with Crippen LogP contribution in [0.4, 0.5) is 0 Å². The molecule has 6 nitrogen and oxygen atoms in total. The minimum Gasteiger partial charge on any atom is -0.395 e. The smallest absolute Gasteiger partial charge is 0.261 e. The summed E-state index contributed by atoms with van der Waals surface area (Å²) in [5.74, 6) is 0.823. The molecule has 6 heteroatoms. The van der Waals surface area contributed by atoms with Crippen molar-refractivity contribution in [2.24, 2.45) is 0 Å². The van der Waals surface area contributed by atoms with E-state index in [0.29, 0.717) is 11.9 Å². The summed E-state index contributed by atoms with van der Waals surface area (Å²) in [4.78, 5) is 22.9. The predicted octanol–water partition coefficient (Wildman–Crippen LogP) is 2.01. The van der Waals surface area contributed by atoms with Gasteiger partial charge in [-0.05, 0) is 57.5 Å². The minimum absolute atomic E-state index is 0.0347. The molecule has 0 amide bonds. The van der Waals surface area contributed by atoms with Crippen molar-refractivity contribution in [1.29, 1.82) is 0 Å². The highest BCUT2D eigenvalue weighted by Crippen LogP contribution is 2.31. The molecular formula is C21H30N4O2. The fraction of sp³-hybridized carbons (Fsp3) is 0.619. The van der Waals surface area contributed by atoms with Crippen molar-refractivity contribution in [3.05, 3.63) is 40.4 Å². The molecular weight excluding hydrogens is 340 g/mol. The topological polar surface area (TPSA) is 61.6 Å². The van der Waals surface area contributed by atoms with E-state index in [1.54, 1.807) is 4.57 Å². The molecule has 0 aliphatic carbocycles. The summed E-state index contributed by atoms with van der Waals surface area (Å²) in [5.41, 5.74) is 0.724. The van der Waals surface area contributed by atoms with E-state index in [0.717, 1.165) is 43.8 Å². The van der Waals surface area contributed by atoms with Gasteiger partial charge in [-0.3, -0.25) is 14.3 Å². The molecule has 1 unspecified atom stereocenters. The van der Waals surface area contributed by atoms with Crippen LogP contribution < -0.4 is 5.56 Å². The summed E-state index contributed by atoms with van der Waals surface area (Å²) < 4.78 is 1.70. The third-order valence-corrected chi connectivity index (χ3v) is 6.03. The molecule has 0 radical (unpaired) electrons. The first-order chi connectivity index (χ1) is 13.3. The van der Waals surface area contributed by atoms with Gasteiger partial charge < -0.3 is 10.0 Å². The summed E-state index contributed by atoms with van der Waals surface area (Å²) in [5, 5.41) is 10.1. The maximum Gasteiger partial charge on any atom is 0.261 e. The summed E-state index contributed by atoms with van der Waals surface area (Å²) in [6, 6.07) is 7.70. The van der Waals surface area contributed by atoms with E-state index in [1.807, 2.05) is 24.3 Å². The maximum absolute atomic E-state index is 13.0. The molecule has 0 saturated carbocycles. The van der Waals surface area contributed by atoms with E-state index in [9.17, 15) is 9.90 Å². The number of hydrogen-bond acceptors (Lipinski definition) is 5. The first-order valence-electron chi connectivity index (χ1n) is 10.3. The standard InChI is InChI=1S/C21H30N4O2/c26-16-15-25-20(22-18-8-3-2-7-17(18)21(25)27)19-9-6-12-24(19)14-13-23-10-4-1-5-11-23/h2-3,7-8,19,26H,1,4-6,9-16H2. The van der Waals surface area contributed by atoms with Gasteiger partial charge in [0.25, 0.3) is 5.56 Å². The second-order valence-electron chi connectivity index (χ2n) is 7.76. The molecule has 2 fully saturated rings. The zero-order valence-electron chi connectivity index (χ0n) is 16.0. The van der Waals surface area contributed by atoms with Crippen LogP contribution in [-0.2, 0) is 6.54 Å². The van der Waals surface area contributed by atoms with Gasteiger partial charge in [-0.25, -0.2) is 4.98 Å². The van der Waals surface area contributed by atoms with Crippen molar-refractivity contribution in [2.45, 2.75) is 44.7 Å². The van der Waals surface area contributed by atoms with Gasteiger partial charge in [-0.1, -0.05) is 18.6 Å². The van der Waals surface area contributed by atoms with Gasteiger partial charge in [0.2, 0.25) is 0 Å². The van der Waals surface area contributed by atoms with Crippen LogP contribution in [0.15, 0.2) is 29.1 Å².